The van der Waals surface area contributed by atoms with Crippen molar-refractivity contribution in [3.05, 3.63) is 50.8 Å². The summed E-state index contributed by atoms with van der Waals surface area (Å²) in [4.78, 5) is 0. The maximum Gasteiger partial charge on any atom is 0.186 e. The van der Waals surface area contributed by atoms with Crippen molar-refractivity contribution in [3.8, 4) is 0 Å². The maximum atomic E-state index is 6.24. The number of hydrazone groups is 1. The van der Waals surface area contributed by atoms with Gasteiger partial charge in [-0.05, 0) is 45.1 Å². The van der Waals surface area contributed by atoms with Gasteiger partial charge in [0.1, 0.15) is 0 Å². The highest BCUT2D eigenvalue weighted by Gasteiger charge is 2.13. The van der Waals surface area contributed by atoms with Crippen LogP contribution in [0.4, 0.5) is 0 Å². The van der Waals surface area contributed by atoms with Crippen LogP contribution in [0.15, 0.2) is 23.3 Å². The molecule has 128 valence electrons. The van der Waals surface area contributed by atoms with Crippen LogP contribution in [-0.4, -0.2) is 27.7 Å². The zero-order chi connectivity index (χ0) is 17.7. The Bertz CT molecular complexity index is 750. The summed E-state index contributed by atoms with van der Waals surface area (Å²) in [5, 5.41) is 13.4. The molecule has 0 saturated carbocycles. The summed E-state index contributed by atoms with van der Waals surface area (Å²) in [6, 6.07) is 5.47. The zero-order valence-electron chi connectivity index (χ0n) is 13.7. The number of rotatable bonds is 5. The van der Waals surface area contributed by atoms with E-state index in [0.717, 1.165) is 29.1 Å². The first-order valence-electron chi connectivity index (χ1n) is 7.47. The Morgan fingerprint density at radius 3 is 2.62 bits per heavy atom. The van der Waals surface area contributed by atoms with Gasteiger partial charge in [0.2, 0.25) is 0 Å². The smallest absolute Gasteiger partial charge is 0.186 e. The molecule has 24 heavy (non-hydrogen) atoms. The third-order valence-corrected chi connectivity index (χ3v) is 4.45. The Morgan fingerprint density at radius 1 is 1.33 bits per heavy atom. The van der Waals surface area contributed by atoms with Gasteiger partial charge in [0.25, 0.3) is 0 Å². The summed E-state index contributed by atoms with van der Waals surface area (Å²) in [5.74, 6) is 0. The molecule has 2 rings (SSSR count). The van der Waals surface area contributed by atoms with Crippen molar-refractivity contribution in [1.29, 1.82) is 0 Å². The van der Waals surface area contributed by atoms with Crippen LogP contribution in [0.2, 0.25) is 10.0 Å². The summed E-state index contributed by atoms with van der Waals surface area (Å²) in [5.41, 5.74) is 6.40. The molecule has 0 aliphatic rings. The lowest BCUT2D eigenvalue weighted by molar-refractivity contribution is 0.659. The average molecular weight is 384 g/mol. The van der Waals surface area contributed by atoms with E-state index >= 15 is 0 Å². The van der Waals surface area contributed by atoms with Crippen LogP contribution in [0.1, 0.15) is 29.4 Å². The lowest BCUT2D eigenvalue weighted by Crippen LogP contribution is -2.31. The normalized spacial score (nSPS) is 11.0. The van der Waals surface area contributed by atoms with Crippen LogP contribution in [0.25, 0.3) is 0 Å². The van der Waals surface area contributed by atoms with E-state index in [1.54, 1.807) is 6.21 Å². The number of thiocarbonyl (C=S) groups is 1. The van der Waals surface area contributed by atoms with Crippen LogP contribution in [-0.2, 0) is 6.54 Å². The number of benzene rings is 1. The summed E-state index contributed by atoms with van der Waals surface area (Å²) in [6.45, 7) is 7.13. The van der Waals surface area contributed by atoms with Crippen molar-refractivity contribution in [2.45, 2.75) is 27.3 Å². The molecule has 0 saturated heterocycles. The van der Waals surface area contributed by atoms with Gasteiger partial charge in [-0.2, -0.15) is 10.2 Å². The second-order valence-electron chi connectivity index (χ2n) is 5.17. The Kier molecular flexibility index (Phi) is 6.60. The lowest BCUT2D eigenvalue weighted by Gasteiger charge is -2.09. The van der Waals surface area contributed by atoms with Crippen molar-refractivity contribution < 1.29 is 0 Å². The minimum Gasteiger partial charge on any atom is -0.362 e. The first-order valence-corrected chi connectivity index (χ1v) is 8.64. The molecular weight excluding hydrogens is 365 g/mol. The molecule has 2 aromatic rings. The van der Waals surface area contributed by atoms with Gasteiger partial charge < -0.3 is 5.32 Å². The number of halogens is 2. The van der Waals surface area contributed by atoms with Gasteiger partial charge in [-0.1, -0.05) is 29.3 Å². The van der Waals surface area contributed by atoms with Gasteiger partial charge >= 0.3 is 0 Å². The average Bonchev–Trinajstić information content (AvgIpc) is 2.79. The van der Waals surface area contributed by atoms with Crippen molar-refractivity contribution in [3.63, 3.8) is 0 Å². The molecule has 0 fully saturated rings. The van der Waals surface area contributed by atoms with Gasteiger partial charge in [0, 0.05) is 33.4 Å². The highest BCUT2D eigenvalue weighted by atomic mass is 35.5. The van der Waals surface area contributed by atoms with Gasteiger partial charge in [0.15, 0.2) is 5.11 Å². The summed E-state index contributed by atoms with van der Waals surface area (Å²) in [7, 11) is 0. The molecule has 0 bridgehead atoms. The Labute approximate surface area is 157 Å². The summed E-state index contributed by atoms with van der Waals surface area (Å²) in [6.07, 6.45) is 1.71. The molecule has 1 aromatic carbocycles. The molecule has 5 nitrogen and oxygen atoms in total. The molecular formula is C16H19Cl2N5S. The van der Waals surface area contributed by atoms with Crippen molar-refractivity contribution >= 4 is 46.7 Å². The SMILES string of the molecule is CCNC(=S)N/N=C\c1c(C)nn(Cc2c(Cl)cccc2Cl)c1C. The highest BCUT2D eigenvalue weighted by molar-refractivity contribution is 7.80. The topological polar surface area (TPSA) is 54.2 Å². The van der Waals surface area contributed by atoms with Gasteiger partial charge in [-0.25, -0.2) is 0 Å². The fraction of sp³-hybridized carbons (Fsp3) is 0.312. The van der Waals surface area contributed by atoms with E-state index in [4.69, 9.17) is 35.4 Å². The van der Waals surface area contributed by atoms with Gasteiger partial charge in [-0.15, -0.1) is 0 Å². The molecule has 0 unspecified atom stereocenters. The first-order chi connectivity index (χ1) is 11.4. The molecule has 0 aliphatic heterocycles. The van der Waals surface area contributed by atoms with Crippen molar-refractivity contribution in [1.82, 2.24) is 20.5 Å². The standard InChI is InChI=1S/C16H19Cl2N5S/c1-4-19-16(24)21-20-8-12-10(2)22-23(11(12)3)9-13-14(17)6-5-7-15(13)18/h5-8H,4,9H2,1-3H3,(H2,19,21,24)/b20-8-. The fourth-order valence-corrected chi connectivity index (χ4v) is 2.95. The van der Waals surface area contributed by atoms with E-state index in [2.05, 4.69) is 20.9 Å². The van der Waals surface area contributed by atoms with Crippen molar-refractivity contribution in [2.24, 2.45) is 5.10 Å². The Morgan fingerprint density at radius 2 is 2.00 bits per heavy atom. The van der Waals surface area contributed by atoms with Crippen LogP contribution in [0.5, 0.6) is 0 Å². The van der Waals surface area contributed by atoms with E-state index in [-0.39, 0.29) is 0 Å². The van der Waals surface area contributed by atoms with Crippen LogP contribution in [0, 0.1) is 13.8 Å². The third kappa shape index (κ3) is 4.47. The van der Waals surface area contributed by atoms with Crippen molar-refractivity contribution in [2.75, 3.05) is 6.54 Å². The molecule has 0 aliphatic carbocycles. The van der Waals surface area contributed by atoms with Crippen LogP contribution >= 0.6 is 35.4 Å². The monoisotopic (exact) mass is 383 g/mol. The number of nitrogens with one attached hydrogen (secondary N) is 2. The van der Waals surface area contributed by atoms with E-state index in [0.29, 0.717) is 21.7 Å². The molecule has 0 atom stereocenters. The summed E-state index contributed by atoms with van der Waals surface area (Å²) < 4.78 is 1.87. The molecule has 0 amide bonds. The first kappa shape index (κ1) is 18.7. The quantitative estimate of drug-likeness (QED) is 0.469. The molecule has 2 N–H and O–H groups in total. The van der Waals surface area contributed by atoms with Gasteiger partial charge in [0.05, 0.1) is 18.5 Å². The molecule has 0 spiro atoms. The predicted molar refractivity (Wildman–Crippen MR) is 104 cm³/mol. The Hall–Kier alpha value is -1.63. The van der Waals surface area contributed by atoms with E-state index in [1.807, 2.05) is 43.7 Å². The minimum absolute atomic E-state index is 0.485. The summed E-state index contributed by atoms with van der Waals surface area (Å²) >= 11 is 17.6. The Balaban J connectivity index is 2.20. The lowest BCUT2D eigenvalue weighted by atomic mass is 10.2. The highest BCUT2D eigenvalue weighted by Crippen LogP contribution is 2.26. The fourth-order valence-electron chi connectivity index (χ4n) is 2.24. The number of hydrogen-bond acceptors (Lipinski definition) is 3. The molecule has 1 aromatic heterocycles. The van der Waals surface area contributed by atoms with E-state index < -0.39 is 0 Å². The number of aryl methyl sites for hydroxylation is 1. The van der Waals surface area contributed by atoms with E-state index in [1.165, 1.54) is 0 Å². The van der Waals surface area contributed by atoms with Crippen LogP contribution < -0.4 is 10.7 Å². The predicted octanol–water partition coefficient (Wildman–Crippen LogP) is 3.67. The second kappa shape index (κ2) is 8.46. The zero-order valence-corrected chi connectivity index (χ0v) is 16.1. The number of nitrogens with zero attached hydrogens (tertiary/aromatic N) is 3. The largest absolute Gasteiger partial charge is 0.362 e. The number of aromatic nitrogens is 2. The third-order valence-electron chi connectivity index (χ3n) is 3.50. The molecule has 8 heteroatoms. The van der Waals surface area contributed by atoms with E-state index in [9.17, 15) is 0 Å². The molecule has 0 radical (unpaired) electrons. The van der Waals surface area contributed by atoms with Gasteiger partial charge in [-0.3, -0.25) is 10.1 Å². The molecule has 1 heterocycles. The van der Waals surface area contributed by atoms with Crippen LogP contribution in [0.3, 0.4) is 0 Å². The second-order valence-corrected chi connectivity index (χ2v) is 6.39. The number of hydrogen-bond donors (Lipinski definition) is 2. The minimum atomic E-state index is 0.485. The maximum absolute atomic E-state index is 6.24.